The molecule has 1 aliphatic heterocycles. The summed E-state index contributed by atoms with van der Waals surface area (Å²) in [5, 5.41) is 3.11. The van der Waals surface area contributed by atoms with Crippen LogP contribution in [0.25, 0.3) is 0 Å². The van der Waals surface area contributed by atoms with Gasteiger partial charge in [0, 0.05) is 23.6 Å². The van der Waals surface area contributed by atoms with Gasteiger partial charge in [0.25, 0.3) is 0 Å². The molecule has 2 rings (SSSR count). The smallest absolute Gasteiger partial charge is 0.193 e. The van der Waals surface area contributed by atoms with Crippen LogP contribution in [0, 0.1) is 0 Å². The summed E-state index contributed by atoms with van der Waals surface area (Å²) in [6.45, 7) is 2.33. The van der Waals surface area contributed by atoms with Crippen molar-refractivity contribution >= 4 is 47.4 Å². The molecule has 1 aromatic carbocycles. The quantitative estimate of drug-likeness (QED) is 0.421. The average molecular weight is 437 g/mol. The Morgan fingerprint density at radius 1 is 1.36 bits per heavy atom. The SMILES string of the molecule is COc1ccc(NC(N)=NCC2(SC)CCOCC2)cc1.I. The van der Waals surface area contributed by atoms with Crippen LogP contribution in [0.4, 0.5) is 5.69 Å². The van der Waals surface area contributed by atoms with Gasteiger partial charge in [-0.25, -0.2) is 0 Å². The highest BCUT2D eigenvalue weighted by atomic mass is 127. The van der Waals surface area contributed by atoms with Gasteiger partial charge in [-0.1, -0.05) is 0 Å². The molecule has 1 fully saturated rings. The molecule has 0 saturated carbocycles. The van der Waals surface area contributed by atoms with E-state index in [1.54, 1.807) is 7.11 Å². The Morgan fingerprint density at radius 3 is 2.55 bits per heavy atom. The van der Waals surface area contributed by atoms with Crippen LogP contribution in [0.3, 0.4) is 0 Å². The van der Waals surface area contributed by atoms with Crippen molar-refractivity contribution in [2.75, 3.05) is 38.4 Å². The van der Waals surface area contributed by atoms with E-state index in [9.17, 15) is 0 Å². The summed E-state index contributed by atoms with van der Waals surface area (Å²) in [5.41, 5.74) is 6.88. The lowest BCUT2D eigenvalue weighted by Gasteiger charge is -2.34. The number of nitrogens with two attached hydrogens (primary N) is 1. The molecule has 7 heteroatoms. The van der Waals surface area contributed by atoms with Gasteiger partial charge in [-0.3, -0.25) is 4.99 Å². The number of aliphatic imine (C=N–C) groups is 1. The molecule has 1 aromatic rings. The maximum absolute atomic E-state index is 5.97. The van der Waals surface area contributed by atoms with Gasteiger partial charge in [0.2, 0.25) is 0 Å². The minimum atomic E-state index is 0. The fourth-order valence-electron chi connectivity index (χ4n) is 2.26. The lowest BCUT2D eigenvalue weighted by molar-refractivity contribution is 0.0794. The Kier molecular flexibility index (Phi) is 8.34. The fourth-order valence-corrected chi connectivity index (χ4v) is 3.03. The van der Waals surface area contributed by atoms with Crippen LogP contribution < -0.4 is 15.8 Å². The first-order valence-corrected chi connectivity index (χ1v) is 8.24. The standard InChI is InChI=1S/C15H23N3O2S.HI/c1-19-13-5-3-12(4-6-13)18-14(16)17-11-15(21-2)7-9-20-10-8-15;/h3-6H,7-11H2,1-2H3,(H3,16,17,18);1H. The predicted molar refractivity (Wildman–Crippen MR) is 105 cm³/mol. The van der Waals surface area contributed by atoms with E-state index in [0.29, 0.717) is 12.5 Å². The average Bonchev–Trinajstić information content (AvgIpc) is 2.54. The molecular formula is C15H24IN3O2S. The molecular weight excluding hydrogens is 413 g/mol. The van der Waals surface area contributed by atoms with Gasteiger partial charge in [0.1, 0.15) is 5.75 Å². The van der Waals surface area contributed by atoms with Gasteiger partial charge in [0.15, 0.2) is 5.96 Å². The number of nitrogens with zero attached hydrogens (tertiary/aromatic N) is 1. The van der Waals surface area contributed by atoms with Crippen LogP contribution in [-0.2, 0) is 4.74 Å². The summed E-state index contributed by atoms with van der Waals surface area (Å²) in [6, 6.07) is 7.61. The molecule has 3 N–H and O–H groups in total. The first-order valence-electron chi connectivity index (χ1n) is 7.01. The van der Waals surface area contributed by atoms with E-state index in [-0.39, 0.29) is 28.7 Å². The zero-order valence-electron chi connectivity index (χ0n) is 13.0. The van der Waals surface area contributed by atoms with Gasteiger partial charge in [-0.05, 0) is 43.4 Å². The molecule has 0 amide bonds. The van der Waals surface area contributed by atoms with Gasteiger partial charge in [0.05, 0.1) is 13.7 Å². The van der Waals surface area contributed by atoms with E-state index in [2.05, 4.69) is 16.6 Å². The van der Waals surface area contributed by atoms with E-state index in [4.69, 9.17) is 15.2 Å². The molecule has 1 heterocycles. The number of rotatable bonds is 5. The molecule has 0 aliphatic carbocycles. The summed E-state index contributed by atoms with van der Waals surface area (Å²) in [5.74, 6) is 1.26. The molecule has 0 atom stereocenters. The minimum Gasteiger partial charge on any atom is -0.497 e. The molecule has 0 aromatic heterocycles. The number of hydrogen-bond acceptors (Lipinski definition) is 4. The summed E-state index contributed by atoms with van der Waals surface area (Å²) < 4.78 is 10.7. The van der Waals surface area contributed by atoms with Crippen molar-refractivity contribution in [1.29, 1.82) is 0 Å². The first-order chi connectivity index (χ1) is 10.2. The van der Waals surface area contributed by atoms with E-state index in [0.717, 1.165) is 37.5 Å². The normalized spacial score (nSPS) is 17.5. The van der Waals surface area contributed by atoms with Crippen molar-refractivity contribution in [3.63, 3.8) is 0 Å². The van der Waals surface area contributed by atoms with Crippen molar-refractivity contribution < 1.29 is 9.47 Å². The lowest BCUT2D eigenvalue weighted by Crippen LogP contribution is -2.37. The van der Waals surface area contributed by atoms with E-state index in [1.807, 2.05) is 36.0 Å². The highest BCUT2D eigenvalue weighted by Gasteiger charge is 2.31. The maximum atomic E-state index is 5.97. The number of anilines is 1. The van der Waals surface area contributed by atoms with Crippen molar-refractivity contribution in [2.24, 2.45) is 10.7 Å². The third-order valence-corrected chi connectivity index (χ3v) is 5.14. The number of benzene rings is 1. The zero-order valence-corrected chi connectivity index (χ0v) is 16.1. The Hall–Kier alpha value is -0.670. The summed E-state index contributed by atoms with van der Waals surface area (Å²) in [7, 11) is 1.65. The molecule has 1 aliphatic rings. The Balaban J connectivity index is 0.00000242. The number of methoxy groups -OCH3 is 1. The number of hydrogen-bond donors (Lipinski definition) is 2. The van der Waals surface area contributed by atoms with Gasteiger partial charge < -0.3 is 20.5 Å². The third-order valence-electron chi connectivity index (χ3n) is 3.74. The highest BCUT2D eigenvalue weighted by molar-refractivity contribution is 14.0. The van der Waals surface area contributed by atoms with Crippen LogP contribution in [0.15, 0.2) is 29.3 Å². The molecule has 5 nitrogen and oxygen atoms in total. The number of guanidine groups is 1. The Labute approximate surface area is 153 Å². The largest absolute Gasteiger partial charge is 0.497 e. The van der Waals surface area contributed by atoms with Crippen LogP contribution in [0.2, 0.25) is 0 Å². The van der Waals surface area contributed by atoms with E-state index in [1.165, 1.54) is 0 Å². The van der Waals surface area contributed by atoms with Crippen LogP contribution in [0.5, 0.6) is 5.75 Å². The van der Waals surface area contributed by atoms with Gasteiger partial charge in [-0.2, -0.15) is 11.8 Å². The second-order valence-electron chi connectivity index (χ2n) is 5.05. The number of ether oxygens (including phenoxy) is 2. The van der Waals surface area contributed by atoms with Crippen molar-refractivity contribution in [3.8, 4) is 5.75 Å². The second kappa shape index (κ2) is 9.46. The summed E-state index contributed by atoms with van der Waals surface area (Å²) in [4.78, 5) is 4.50. The van der Waals surface area contributed by atoms with Gasteiger partial charge >= 0.3 is 0 Å². The molecule has 0 radical (unpaired) electrons. The molecule has 22 heavy (non-hydrogen) atoms. The monoisotopic (exact) mass is 437 g/mol. The molecule has 0 bridgehead atoms. The predicted octanol–water partition coefficient (Wildman–Crippen LogP) is 2.95. The summed E-state index contributed by atoms with van der Waals surface area (Å²) in [6.07, 6.45) is 4.18. The number of nitrogens with one attached hydrogen (secondary N) is 1. The summed E-state index contributed by atoms with van der Waals surface area (Å²) >= 11 is 1.86. The second-order valence-corrected chi connectivity index (χ2v) is 6.33. The number of thioether (sulfide) groups is 1. The Bertz CT molecular complexity index is 476. The molecule has 0 unspecified atom stereocenters. The Morgan fingerprint density at radius 2 is 2.00 bits per heavy atom. The van der Waals surface area contributed by atoms with E-state index < -0.39 is 0 Å². The van der Waals surface area contributed by atoms with Crippen molar-refractivity contribution in [1.82, 2.24) is 0 Å². The lowest BCUT2D eigenvalue weighted by atomic mass is 9.99. The van der Waals surface area contributed by atoms with E-state index >= 15 is 0 Å². The molecule has 124 valence electrons. The van der Waals surface area contributed by atoms with Crippen LogP contribution >= 0.6 is 35.7 Å². The fraction of sp³-hybridized carbons (Fsp3) is 0.533. The van der Waals surface area contributed by atoms with Gasteiger partial charge in [-0.15, -0.1) is 24.0 Å². The zero-order chi connectivity index (χ0) is 15.1. The van der Waals surface area contributed by atoms with Crippen molar-refractivity contribution in [2.45, 2.75) is 17.6 Å². The maximum Gasteiger partial charge on any atom is 0.193 e. The number of halogens is 1. The van der Waals surface area contributed by atoms with Crippen molar-refractivity contribution in [3.05, 3.63) is 24.3 Å². The first kappa shape index (κ1) is 19.4. The third kappa shape index (κ3) is 5.51. The molecule has 1 saturated heterocycles. The molecule has 0 spiro atoms. The van der Waals surface area contributed by atoms with Crippen LogP contribution in [0.1, 0.15) is 12.8 Å². The topological polar surface area (TPSA) is 68.9 Å². The minimum absolute atomic E-state index is 0. The highest BCUT2D eigenvalue weighted by Crippen LogP contribution is 2.33. The van der Waals surface area contributed by atoms with Crippen LogP contribution in [-0.4, -0.2) is 43.8 Å².